The summed E-state index contributed by atoms with van der Waals surface area (Å²) < 4.78 is 4.54. The summed E-state index contributed by atoms with van der Waals surface area (Å²) in [5.41, 5.74) is 0. The number of hydrogen-bond donors (Lipinski definition) is 0. The molecular weight excluding hydrogens is 152 g/mol. The van der Waals surface area contributed by atoms with Crippen LogP contribution >= 0.6 is 0 Å². The van der Waals surface area contributed by atoms with Crippen molar-refractivity contribution in [2.45, 2.75) is 39.0 Å². The van der Waals surface area contributed by atoms with Crippen molar-refractivity contribution >= 4 is 6.29 Å². The molecule has 1 aliphatic carbocycles. The van der Waals surface area contributed by atoms with E-state index in [1.54, 1.807) is 7.11 Å². The van der Waals surface area contributed by atoms with Gasteiger partial charge in [-0.3, -0.25) is 0 Å². The van der Waals surface area contributed by atoms with Crippen LogP contribution in [0, 0.1) is 5.92 Å². The van der Waals surface area contributed by atoms with Crippen LogP contribution in [0.5, 0.6) is 0 Å². The van der Waals surface area contributed by atoms with Crippen LogP contribution in [0.15, 0.2) is 0 Å². The van der Waals surface area contributed by atoms with Crippen molar-refractivity contribution < 1.29 is 9.53 Å². The van der Waals surface area contributed by atoms with Crippen LogP contribution in [0.25, 0.3) is 0 Å². The molecule has 0 aliphatic heterocycles. The van der Waals surface area contributed by atoms with Gasteiger partial charge in [0.05, 0.1) is 0 Å². The van der Waals surface area contributed by atoms with E-state index in [2.05, 4.69) is 4.74 Å². The van der Waals surface area contributed by atoms with Gasteiger partial charge in [0.1, 0.15) is 6.29 Å². The summed E-state index contributed by atoms with van der Waals surface area (Å²) in [5.74, 6) is 0.406. The minimum Gasteiger partial charge on any atom is -0.385 e. The van der Waals surface area contributed by atoms with Gasteiger partial charge in [-0.25, -0.2) is 0 Å². The monoisotopic (exact) mass is 172 g/mol. The highest BCUT2D eigenvalue weighted by molar-refractivity contribution is 5.53. The maximum absolute atomic E-state index is 10.2. The zero-order valence-electron chi connectivity index (χ0n) is 8.21. The SMILES string of the molecule is CCOC.O=CC1CCCCC1. The van der Waals surface area contributed by atoms with Gasteiger partial charge in [-0.2, -0.15) is 0 Å². The highest BCUT2D eigenvalue weighted by Gasteiger charge is 2.10. The van der Waals surface area contributed by atoms with E-state index in [0.29, 0.717) is 5.92 Å². The number of aldehydes is 1. The second-order valence-corrected chi connectivity index (χ2v) is 3.11. The Morgan fingerprint density at radius 3 is 2.08 bits per heavy atom. The second-order valence-electron chi connectivity index (χ2n) is 3.11. The van der Waals surface area contributed by atoms with Crippen molar-refractivity contribution in [1.82, 2.24) is 0 Å². The molecule has 0 aromatic carbocycles. The average Bonchev–Trinajstić information content (AvgIpc) is 2.19. The zero-order valence-corrected chi connectivity index (χ0v) is 8.21. The highest BCUT2D eigenvalue weighted by atomic mass is 16.5. The molecule has 0 amide bonds. The van der Waals surface area contributed by atoms with Crippen molar-refractivity contribution in [3.63, 3.8) is 0 Å². The van der Waals surface area contributed by atoms with Gasteiger partial charge in [-0.1, -0.05) is 19.3 Å². The van der Waals surface area contributed by atoms with E-state index in [1.165, 1.54) is 19.3 Å². The second kappa shape index (κ2) is 8.72. The van der Waals surface area contributed by atoms with Crippen LogP contribution in [0.3, 0.4) is 0 Å². The molecule has 2 heteroatoms. The maximum atomic E-state index is 10.2. The minimum atomic E-state index is 0.406. The third-order valence-corrected chi connectivity index (χ3v) is 2.13. The molecule has 1 saturated carbocycles. The van der Waals surface area contributed by atoms with Crippen LogP contribution in [0.2, 0.25) is 0 Å². The number of hydrogen-bond acceptors (Lipinski definition) is 2. The van der Waals surface area contributed by atoms with Crippen molar-refractivity contribution in [3.05, 3.63) is 0 Å². The molecular formula is C10H20O2. The number of methoxy groups -OCH3 is 1. The fourth-order valence-electron chi connectivity index (χ4n) is 1.27. The fourth-order valence-corrected chi connectivity index (χ4v) is 1.27. The fraction of sp³-hybridized carbons (Fsp3) is 0.900. The Balaban J connectivity index is 0.000000261. The molecule has 0 unspecified atom stereocenters. The number of rotatable bonds is 2. The van der Waals surface area contributed by atoms with E-state index in [0.717, 1.165) is 25.7 Å². The van der Waals surface area contributed by atoms with Crippen LogP contribution in [0.4, 0.5) is 0 Å². The summed E-state index contributed by atoms with van der Waals surface area (Å²) in [7, 11) is 1.68. The van der Waals surface area contributed by atoms with Crippen molar-refractivity contribution in [2.75, 3.05) is 13.7 Å². The van der Waals surface area contributed by atoms with Gasteiger partial charge >= 0.3 is 0 Å². The largest absolute Gasteiger partial charge is 0.385 e. The van der Waals surface area contributed by atoms with Crippen LogP contribution in [-0.4, -0.2) is 20.0 Å². The van der Waals surface area contributed by atoms with E-state index in [4.69, 9.17) is 0 Å². The lowest BCUT2D eigenvalue weighted by Gasteiger charge is -2.14. The van der Waals surface area contributed by atoms with Crippen molar-refractivity contribution in [3.8, 4) is 0 Å². The number of ether oxygens (including phenoxy) is 1. The minimum absolute atomic E-state index is 0.406. The first kappa shape index (κ1) is 11.6. The van der Waals surface area contributed by atoms with Gasteiger partial charge in [0.2, 0.25) is 0 Å². The molecule has 0 saturated heterocycles. The summed E-state index contributed by atoms with van der Waals surface area (Å²) >= 11 is 0. The van der Waals surface area contributed by atoms with E-state index < -0.39 is 0 Å². The molecule has 72 valence electrons. The standard InChI is InChI=1S/C7H12O.C3H8O/c8-6-7-4-2-1-3-5-7;1-3-4-2/h6-7H,1-5H2;3H2,1-2H3. The van der Waals surface area contributed by atoms with Gasteiger partial charge in [0.15, 0.2) is 0 Å². The van der Waals surface area contributed by atoms with Crippen LogP contribution in [-0.2, 0) is 9.53 Å². The Morgan fingerprint density at radius 2 is 1.83 bits per heavy atom. The Hall–Kier alpha value is -0.370. The molecule has 0 aromatic heterocycles. The van der Waals surface area contributed by atoms with Gasteiger partial charge in [-0.15, -0.1) is 0 Å². The molecule has 0 N–H and O–H groups in total. The van der Waals surface area contributed by atoms with E-state index in [1.807, 2.05) is 6.92 Å². The van der Waals surface area contributed by atoms with Crippen molar-refractivity contribution in [1.29, 1.82) is 0 Å². The average molecular weight is 172 g/mol. The Labute approximate surface area is 75.3 Å². The molecule has 12 heavy (non-hydrogen) atoms. The van der Waals surface area contributed by atoms with Gasteiger partial charge in [0.25, 0.3) is 0 Å². The third kappa shape index (κ3) is 6.35. The molecule has 1 aliphatic rings. The first-order valence-corrected chi connectivity index (χ1v) is 4.79. The summed E-state index contributed by atoms with van der Waals surface area (Å²) in [6.45, 7) is 2.78. The summed E-state index contributed by atoms with van der Waals surface area (Å²) in [4.78, 5) is 10.2. The molecule has 0 radical (unpaired) electrons. The Morgan fingerprint density at radius 1 is 1.33 bits per heavy atom. The topological polar surface area (TPSA) is 26.3 Å². The zero-order chi connectivity index (χ0) is 9.23. The summed E-state index contributed by atoms with van der Waals surface area (Å²) in [6.07, 6.45) is 7.27. The quantitative estimate of drug-likeness (QED) is 0.598. The number of carbonyl (C=O) groups excluding carboxylic acids is 1. The van der Waals surface area contributed by atoms with Gasteiger partial charge in [-0.05, 0) is 19.8 Å². The van der Waals surface area contributed by atoms with Gasteiger partial charge in [0, 0.05) is 19.6 Å². The first-order valence-electron chi connectivity index (χ1n) is 4.79. The summed E-state index contributed by atoms with van der Waals surface area (Å²) in [6, 6.07) is 0. The molecule has 1 rings (SSSR count). The molecule has 1 fully saturated rings. The molecule has 0 bridgehead atoms. The van der Waals surface area contributed by atoms with E-state index in [9.17, 15) is 4.79 Å². The normalized spacial score (nSPS) is 17.8. The van der Waals surface area contributed by atoms with Crippen molar-refractivity contribution in [2.24, 2.45) is 5.92 Å². The van der Waals surface area contributed by atoms with Crippen LogP contribution < -0.4 is 0 Å². The maximum Gasteiger partial charge on any atom is 0.123 e. The lowest BCUT2D eigenvalue weighted by atomic mass is 9.91. The first-order chi connectivity index (χ1) is 5.85. The van der Waals surface area contributed by atoms with E-state index in [-0.39, 0.29) is 0 Å². The lowest BCUT2D eigenvalue weighted by molar-refractivity contribution is -0.111. The van der Waals surface area contributed by atoms with E-state index >= 15 is 0 Å². The molecule has 2 nitrogen and oxygen atoms in total. The Kier molecular flexibility index (Phi) is 8.46. The highest BCUT2D eigenvalue weighted by Crippen LogP contribution is 2.21. The molecule has 0 atom stereocenters. The summed E-state index contributed by atoms with van der Waals surface area (Å²) in [5, 5.41) is 0. The van der Waals surface area contributed by atoms with Gasteiger partial charge < -0.3 is 9.53 Å². The smallest absolute Gasteiger partial charge is 0.123 e. The lowest BCUT2D eigenvalue weighted by Crippen LogP contribution is -2.06. The predicted octanol–water partition coefficient (Wildman–Crippen LogP) is 2.42. The third-order valence-electron chi connectivity index (χ3n) is 2.13. The number of carbonyl (C=O) groups is 1. The Bertz CT molecular complexity index is 94.0. The molecule has 0 aromatic rings. The molecule has 0 heterocycles. The molecule has 0 spiro atoms. The van der Waals surface area contributed by atoms with Crippen LogP contribution in [0.1, 0.15) is 39.0 Å². The predicted molar refractivity (Wildman–Crippen MR) is 50.2 cm³/mol.